The zero-order valence-corrected chi connectivity index (χ0v) is 23.3. The summed E-state index contributed by atoms with van der Waals surface area (Å²) >= 11 is 1.46. The summed E-state index contributed by atoms with van der Waals surface area (Å²) in [6.45, 7) is 8.71. The number of carbonyl (C=O) groups is 3. The Labute approximate surface area is 222 Å². The van der Waals surface area contributed by atoms with Crippen molar-refractivity contribution in [1.29, 1.82) is 0 Å². The number of likely N-dealkylation sites (N-methyl/N-ethyl adjacent to an activating group) is 1. The van der Waals surface area contributed by atoms with Crippen LogP contribution in [-0.4, -0.2) is 93.9 Å². The predicted octanol–water partition coefficient (Wildman–Crippen LogP) is 2.23. The van der Waals surface area contributed by atoms with Gasteiger partial charge in [-0.25, -0.2) is 4.79 Å². The molecule has 0 radical (unpaired) electrons. The molecule has 4 rings (SSSR count). The molecule has 2 fully saturated rings. The molecule has 3 aliphatic rings. The number of hydrogen-bond acceptors (Lipinski definition) is 7. The van der Waals surface area contributed by atoms with Gasteiger partial charge in [-0.2, -0.15) is 0 Å². The number of aliphatic hydroxyl groups is 1. The molecule has 0 bridgehead atoms. The topological polar surface area (TPSA) is 111 Å². The van der Waals surface area contributed by atoms with Crippen LogP contribution in [0.1, 0.15) is 37.0 Å². The van der Waals surface area contributed by atoms with Crippen LogP contribution in [0.4, 0.5) is 0 Å². The summed E-state index contributed by atoms with van der Waals surface area (Å²) in [6.07, 6.45) is -0.274. The quantitative estimate of drug-likeness (QED) is 0.492. The van der Waals surface area contributed by atoms with Crippen LogP contribution in [0.2, 0.25) is 0 Å². The summed E-state index contributed by atoms with van der Waals surface area (Å²) in [5.74, 6) is -1.48. The van der Waals surface area contributed by atoms with Gasteiger partial charge in [0.2, 0.25) is 11.8 Å². The minimum atomic E-state index is -1.13. The number of thioether (sulfide) groups is 1. The molecule has 0 spiro atoms. The maximum atomic E-state index is 13.2. The lowest BCUT2D eigenvalue weighted by Crippen LogP contribution is -2.63. The van der Waals surface area contributed by atoms with E-state index in [0.29, 0.717) is 24.4 Å². The smallest absolute Gasteiger partial charge is 0.353 e. The van der Waals surface area contributed by atoms with E-state index in [-0.39, 0.29) is 40.8 Å². The van der Waals surface area contributed by atoms with E-state index in [2.05, 4.69) is 17.9 Å². The van der Waals surface area contributed by atoms with Crippen LogP contribution in [0.25, 0.3) is 0 Å². The molecule has 0 saturated carbocycles. The van der Waals surface area contributed by atoms with Crippen molar-refractivity contribution in [3.8, 4) is 5.75 Å². The van der Waals surface area contributed by atoms with Gasteiger partial charge >= 0.3 is 5.97 Å². The number of methoxy groups -OCH3 is 1. The first-order chi connectivity index (χ1) is 17.4. The van der Waals surface area contributed by atoms with Gasteiger partial charge in [-0.15, -0.1) is 11.8 Å². The molecule has 2 amide bonds. The molecule has 3 aliphatic heterocycles. The molecule has 202 valence electrons. The van der Waals surface area contributed by atoms with Gasteiger partial charge < -0.3 is 24.7 Å². The molecule has 1 aromatic rings. The van der Waals surface area contributed by atoms with Crippen molar-refractivity contribution in [3.05, 3.63) is 39.4 Å². The number of β-lactam (4-membered cyclic amide) rings is 1. The van der Waals surface area contributed by atoms with Crippen molar-refractivity contribution in [3.63, 3.8) is 0 Å². The highest BCUT2D eigenvalue weighted by Crippen LogP contribution is 2.52. The Kier molecular flexibility index (Phi) is 7.65. The van der Waals surface area contributed by atoms with Gasteiger partial charge in [0.15, 0.2) is 0 Å². The Morgan fingerprint density at radius 1 is 1.24 bits per heavy atom. The molecule has 2 N–H and O–H groups in total. The molecule has 0 aromatic heterocycles. The van der Waals surface area contributed by atoms with Gasteiger partial charge in [0.05, 0.1) is 31.2 Å². The molecular weight excluding hydrogens is 494 g/mol. The number of carboxylic acid groups (broad SMARTS) is 1. The van der Waals surface area contributed by atoms with Gasteiger partial charge in [0.1, 0.15) is 11.4 Å². The van der Waals surface area contributed by atoms with Crippen molar-refractivity contribution in [1.82, 2.24) is 14.7 Å². The van der Waals surface area contributed by atoms with Crippen LogP contribution in [0.3, 0.4) is 0 Å². The lowest BCUT2D eigenvalue weighted by molar-refractivity contribution is -0.163. The van der Waals surface area contributed by atoms with Gasteiger partial charge in [-0.05, 0) is 44.4 Å². The number of fused-ring (bicyclic) bond motifs is 1. The SMILES string of the molecule is COc1cc(C)c(C)cc1CN1C[C@@H](SC2=C(C(=O)O)N3C(=O)[C@H]([C@@H](C)O)[C@H]3[C@H]2C)C[C@H]1C(=O)N(C)C. The lowest BCUT2D eigenvalue weighted by atomic mass is 9.79. The van der Waals surface area contributed by atoms with E-state index in [0.717, 1.165) is 22.4 Å². The van der Waals surface area contributed by atoms with E-state index in [1.54, 1.807) is 33.0 Å². The fourth-order valence-corrected chi connectivity index (χ4v) is 7.47. The third-order valence-corrected chi connectivity index (χ3v) is 9.46. The van der Waals surface area contributed by atoms with Crippen molar-refractivity contribution in [2.24, 2.45) is 11.8 Å². The van der Waals surface area contributed by atoms with E-state index < -0.39 is 18.0 Å². The second-order valence-electron chi connectivity index (χ2n) is 10.7. The monoisotopic (exact) mass is 531 g/mol. The Balaban J connectivity index is 1.61. The number of benzene rings is 1. The predicted molar refractivity (Wildman–Crippen MR) is 141 cm³/mol. The molecule has 0 aliphatic carbocycles. The second kappa shape index (κ2) is 10.3. The van der Waals surface area contributed by atoms with Crippen molar-refractivity contribution >= 4 is 29.5 Å². The first kappa shape index (κ1) is 27.5. The number of carbonyl (C=O) groups excluding carboxylic acids is 2. The van der Waals surface area contributed by atoms with Crippen molar-refractivity contribution in [2.75, 3.05) is 27.7 Å². The summed E-state index contributed by atoms with van der Waals surface area (Å²) < 4.78 is 5.64. The minimum Gasteiger partial charge on any atom is -0.496 e. The summed E-state index contributed by atoms with van der Waals surface area (Å²) in [6, 6.07) is 3.41. The van der Waals surface area contributed by atoms with Crippen LogP contribution in [0.15, 0.2) is 22.7 Å². The van der Waals surface area contributed by atoms with Crippen molar-refractivity contribution in [2.45, 2.75) is 64.1 Å². The summed E-state index contributed by atoms with van der Waals surface area (Å²) in [7, 11) is 5.13. The average Bonchev–Trinajstić information content (AvgIpc) is 3.32. The summed E-state index contributed by atoms with van der Waals surface area (Å²) in [4.78, 5) is 43.8. The van der Waals surface area contributed by atoms with Crippen LogP contribution in [0, 0.1) is 25.7 Å². The molecule has 9 nitrogen and oxygen atoms in total. The van der Waals surface area contributed by atoms with Crippen LogP contribution in [-0.2, 0) is 20.9 Å². The molecule has 3 heterocycles. The normalized spacial score (nSPS) is 28.3. The molecule has 37 heavy (non-hydrogen) atoms. The number of aryl methyl sites for hydroxylation is 2. The number of amides is 2. The number of aliphatic carboxylic acids is 1. The second-order valence-corrected chi connectivity index (χ2v) is 12.0. The highest BCUT2D eigenvalue weighted by atomic mass is 32.2. The molecule has 10 heteroatoms. The Morgan fingerprint density at radius 3 is 2.46 bits per heavy atom. The Hall–Kier alpha value is -2.56. The number of likely N-dealkylation sites (tertiary alicyclic amines) is 1. The first-order valence-corrected chi connectivity index (χ1v) is 13.5. The van der Waals surface area contributed by atoms with Crippen LogP contribution < -0.4 is 4.74 Å². The molecule has 1 aromatic carbocycles. The molecule has 0 unspecified atom stereocenters. The Bertz CT molecular complexity index is 1150. The van der Waals surface area contributed by atoms with Crippen molar-refractivity contribution < 1.29 is 29.3 Å². The highest BCUT2D eigenvalue weighted by Gasteiger charge is 2.60. The summed E-state index contributed by atoms with van der Waals surface area (Å²) in [5.41, 5.74) is 3.31. The van der Waals surface area contributed by atoms with Gasteiger partial charge in [0, 0.05) is 48.8 Å². The molecular formula is C27H37N3O6S. The molecule has 6 atom stereocenters. The highest BCUT2D eigenvalue weighted by molar-refractivity contribution is 8.03. The molecule has 2 saturated heterocycles. The van der Waals surface area contributed by atoms with Gasteiger partial charge in [0.25, 0.3) is 0 Å². The van der Waals surface area contributed by atoms with E-state index in [9.17, 15) is 24.6 Å². The number of hydrogen-bond donors (Lipinski definition) is 2. The number of nitrogens with zero attached hydrogens (tertiary/aromatic N) is 3. The average molecular weight is 532 g/mol. The Morgan fingerprint density at radius 2 is 1.89 bits per heavy atom. The lowest BCUT2D eigenvalue weighted by Gasteiger charge is -2.46. The standard InChI is InChI=1S/C27H37N3O6S/c1-13-8-17(20(36-7)9-14(13)2)11-29-12-18(10-19(29)25(32)28(5)6)37-24-15(3)22-21(16(4)31)26(33)30(22)23(24)27(34)35/h8-9,15-16,18-19,21-22,31H,10-12H2,1-7H3,(H,34,35)/t15-,16-,18+,19+,21-,22-/m1/s1. The van der Waals surface area contributed by atoms with E-state index in [1.165, 1.54) is 16.7 Å². The fourth-order valence-electron chi connectivity index (χ4n) is 5.92. The zero-order chi connectivity index (χ0) is 27.3. The maximum absolute atomic E-state index is 13.2. The number of rotatable bonds is 8. The van der Waals surface area contributed by atoms with Crippen LogP contribution in [0.5, 0.6) is 5.75 Å². The van der Waals surface area contributed by atoms with Gasteiger partial charge in [-0.3, -0.25) is 14.5 Å². The maximum Gasteiger partial charge on any atom is 0.353 e. The third kappa shape index (κ3) is 4.75. The first-order valence-electron chi connectivity index (χ1n) is 12.6. The minimum absolute atomic E-state index is 0.00553. The van der Waals surface area contributed by atoms with Crippen LogP contribution >= 0.6 is 11.8 Å². The van der Waals surface area contributed by atoms with E-state index in [1.807, 2.05) is 19.9 Å². The largest absolute Gasteiger partial charge is 0.496 e. The summed E-state index contributed by atoms with van der Waals surface area (Å²) in [5, 5.41) is 20.1. The van der Waals surface area contributed by atoms with E-state index >= 15 is 0 Å². The zero-order valence-electron chi connectivity index (χ0n) is 22.5. The number of carboxylic acids is 1. The number of ether oxygens (including phenoxy) is 1. The third-order valence-electron chi connectivity index (χ3n) is 7.97. The van der Waals surface area contributed by atoms with E-state index in [4.69, 9.17) is 4.74 Å². The fraction of sp³-hybridized carbons (Fsp3) is 0.593. The number of aliphatic hydroxyl groups excluding tert-OH is 1. The van der Waals surface area contributed by atoms with Gasteiger partial charge in [-0.1, -0.05) is 13.0 Å².